The standard InChI is InChI=1S/C27H30O2Si/c1-4-5-8-14-24-15-13-16-25(21-24)22-28-30(29-23(2)3,26-17-9-6-10-18-26)27-19-11-7-12-20-27/h6-7,9-13,15-21,23H,4-5,22H2,1-3H3. The lowest BCUT2D eigenvalue weighted by atomic mass is 10.1. The average Bonchev–Trinajstić information content (AvgIpc) is 2.78. The van der Waals surface area contributed by atoms with Crippen LogP contribution in [0.15, 0.2) is 84.9 Å². The van der Waals surface area contributed by atoms with Crippen LogP contribution < -0.4 is 10.4 Å². The SMILES string of the molecule is CCCC#Cc1cccc(CO[Si](OC(C)C)(c2ccccc2)c2ccccc2)c1. The Labute approximate surface area is 182 Å². The summed E-state index contributed by atoms with van der Waals surface area (Å²) in [7, 11) is -2.88. The van der Waals surface area contributed by atoms with Gasteiger partial charge in [0.1, 0.15) is 0 Å². The summed E-state index contributed by atoms with van der Waals surface area (Å²) in [4.78, 5) is 0. The van der Waals surface area contributed by atoms with Crippen molar-refractivity contribution in [1.82, 2.24) is 0 Å². The molecule has 30 heavy (non-hydrogen) atoms. The van der Waals surface area contributed by atoms with E-state index in [-0.39, 0.29) is 6.10 Å². The monoisotopic (exact) mass is 414 g/mol. The zero-order valence-electron chi connectivity index (χ0n) is 18.1. The van der Waals surface area contributed by atoms with Gasteiger partial charge in [-0.05, 0) is 48.3 Å². The van der Waals surface area contributed by atoms with Gasteiger partial charge in [-0.2, -0.15) is 0 Å². The first-order valence-corrected chi connectivity index (χ1v) is 12.5. The van der Waals surface area contributed by atoms with Gasteiger partial charge < -0.3 is 8.85 Å². The van der Waals surface area contributed by atoms with Crippen LogP contribution in [0.5, 0.6) is 0 Å². The van der Waals surface area contributed by atoms with E-state index in [1.807, 2.05) is 18.2 Å². The van der Waals surface area contributed by atoms with E-state index in [9.17, 15) is 0 Å². The molecule has 0 aromatic heterocycles. The normalized spacial score (nSPS) is 11.2. The largest absolute Gasteiger partial charge is 0.407 e. The molecule has 0 aliphatic rings. The predicted octanol–water partition coefficient (Wildman–Crippen LogP) is 5.04. The molecule has 0 bridgehead atoms. The maximum absolute atomic E-state index is 6.75. The number of hydrogen-bond acceptors (Lipinski definition) is 2. The lowest BCUT2D eigenvalue weighted by Gasteiger charge is -2.33. The zero-order valence-corrected chi connectivity index (χ0v) is 19.1. The Hall–Kier alpha value is -2.64. The molecule has 0 spiro atoms. The highest BCUT2D eigenvalue weighted by Gasteiger charge is 2.43. The molecule has 0 heterocycles. The molecule has 0 unspecified atom stereocenters. The topological polar surface area (TPSA) is 18.5 Å². The van der Waals surface area contributed by atoms with E-state index in [0.29, 0.717) is 6.61 Å². The Morgan fingerprint density at radius 2 is 1.47 bits per heavy atom. The van der Waals surface area contributed by atoms with E-state index < -0.39 is 8.56 Å². The van der Waals surface area contributed by atoms with Gasteiger partial charge in [0.15, 0.2) is 0 Å². The number of benzene rings is 3. The Kier molecular flexibility index (Phi) is 8.04. The van der Waals surface area contributed by atoms with Crippen molar-refractivity contribution < 1.29 is 8.85 Å². The number of rotatable bonds is 8. The molecule has 3 aromatic carbocycles. The van der Waals surface area contributed by atoms with Gasteiger partial charge in [0.25, 0.3) is 0 Å². The molecule has 3 heteroatoms. The van der Waals surface area contributed by atoms with Crippen molar-refractivity contribution >= 4 is 18.9 Å². The summed E-state index contributed by atoms with van der Waals surface area (Å²) in [6.45, 7) is 6.76. The highest BCUT2D eigenvalue weighted by Crippen LogP contribution is 2.16. The van der Waals surface area contributed by atoms with Crippen LogP contribution in [0, 0.1) is 11.8 Å². The van der Waals surface area contributed by atoms with Crippen LogP contribution >= 0.6 is 0 Å². The molecule has 0 atom stereocenters. The zero-order chi connectivity index (χ0) is 21.2. The second-order valence-electron chi connectivity index (χ2n) is 7.56. The van der Waals surface area contributed by atoms with Crippen LogP contribution in [-0.4, -0.2) is 14.7 Å². The molecule has 154 valence electrons. The van der Waals surface area contributed by atoms with Crippen LogP contribution in [0.4, 0.5) is 0 Å². The van der Waals surface area contributed by atoms with Gasteiger partial charge in [-0.15, -0.1) is 0 Å². The lowest BCUT2D eigenvalue weighted by molar-refractivity contribution is 0.147. The first-order chi connectivity index (χ1) is 14.6. The van der Waals surface area contributed by atoms with E-state index in [1.54, 1.807) is 0 Å². The van der Waals surface area contributed by atoms with Gasteiger partial charge in [-0.25, -0.2) is 0 Å². The van der Waals surface area contributed by atoms with Gasteiger partial charge in [0.2, 0.25) is 0 Å². The molecule has 2 nitrogen and oxygen atoms in total. The minimum Gasteiger partial charge on any atom is -0.385 e. The predicted molar refractivity (Wildman–Crippen MR) is 127 cm³/mol. The quantitative estimate of drug-likeness (QED) is 0.380. The van der Waals surface area contributed by atoms with E-state index >= 15 is 0 Å². The van der Waals surface area contributed by atoms with Gasteiger partial charge in [0, 0.05) is 18.1 Å². The van der Waals surface area contributed by atoms with Crippen molar-refractivity contribution in [2.24, 2.45) is 0 Å². The summed E-state index contributed by atoms with van der Waals surface area (Å²) in [5.74, 6) is 6.48. The third-order valence-corrected chi connectivity index (χ3v) is 8.23. The summed E-state index contributed by atoms with van der Waals surface area (Å²) >= 11 is 0. The van der Waals surface area contributed by atoms with Crippen LogP contribution in [-0.2, 0) is 15.5 Å². The van der Waals surface area contributed by atoms with Gasteiger partial charge in [-0.3, -0.25) is 0 Å². The highest BCUT2D eigenvalue weighted by atomic mass is 28.4. The maximum atomic E-state index is 6.75. The fourth-order valence-electron chi connectivity index (χ4n) is 3.36. The van der Waals surface area contributed by atoms with Crippen LogP contribution in [0.3, 0.4) is 0 Å². The first-order valence-electron chi connectivity index (χ1n) is 10.6. The summed E-state index contributed by atoms with van der Waals surface area (Å²) in [5.41, 5.74) is 2.13. The smallest absolute Gasteiger partial charge is 0.385 e. The molecule has 0 radical (unpaired) electrons. The first kappa shape index (κ1) is 22.1. The Balaban J connectivity index is 1.96. The molecular formula is C27H30O2Si. The second-order valence-corrected chi connectivity index (χ2v) is 10.5. The molecule has 0 N–H and O–H groups in total. The molecule has 0 aliphatic heterocycles. The second kappa shape index (κ2) is 10.9. The van der Waals surface area contributed by atoms with Crippen molar-refractivity contribution in [3.63, 3.8) is 0 Å². The fraction of sp³-hybridized carbons (Fsp3) is 0.259. The number of unbranched alkanes of at least 4 members (excludes halogenated alkanes) is 1. The van der Waals surface area contributed by atoms with E-state index in [2.05, 4.69) is 99.3 Å². The van der Waals surface area contributed by atoms with Crippen molar-refractivity contribution in [3.8, 4) is 11.8 Å². The van der Waals surface area contributed by atoms with Crippen molar-refractivity contribution in [2.75, 3.05) is 0 Å². The summed E-state index contributed by atoms with van der Waals surface area (Å²) in [6, 6.07) is 29.1. The summed E-state index contributed by atoms with van der Waals surface area (Å²) in [6.07, 6.45) is 2.04. The summed E-state index contributed by atoms with van der Waals surface area (Å²) < 4.78 is 13.4. The summed E-state index contributed by atoms with van der Waals surface area (Å²) in [5, 5.41) is 2.23. The fourth-order valence-corrected chi connectivity index (χ4v) is 6.67. The van der Waals surface area contributed by atoms with Crippen LogP contribution in [0.1, 0.15) is 44.7 Å². The van der Waals surface area contributed by atoms with Gasteiger partial charge in [0.05, 0.1) is 6.61 Å². The molecular weight excluding hydrogens is 384 g/mol. The van der Waals surface area contributed by atoms with E-state index in [1.165, 1.54) is 0 Å². The molecule has 3 aromatic rings. The molecule has 3 rings (SSSR count). The van der Waals surface area contributed by atoms with E-state index in [4.69, 9.17) is 8.85 Å². The van der Waals surface area contributed by atoms with Crippen molar-refractivity contribution in [3.05, 3.63) is 96.1 Å². The van der Waals surface area contributed by atoms with Crippen LogP contribution in [0.2, 0.25) is 0 Å². The van der Waals surface area contributed by atoms with Crippen molar-refractivity contribution in [1.29, 1.82) is 0 Å². The Bertz CT molecular complexity index is 932. The maximum Gasteiger partial charge on any atom is 0.407 e. The third kappa shape index (κ3) is 5.70. The highest BCUT2D eigenvalue weighted by molar-refractivity contribution is 6.92. The average molecular weight is 415 g/mol. The Morgan fingerprint density at radius 1 is 0.833 bits per heavy atom. The van der Waals surface area contributed by atoms with E-state index in [0.717, 1.165) is 34.3 Å². The van der Waals surface area contributed by atoms with Gasteiger partial charge >= 0.3 is 8.56 Å². The van der Waals surface area contributed by atoms with Gasteiger partial charge in [-0.1, -0.05) is 91.6 Å². The number of hydrogen-bond donors (Lipinski definition) is 0. The minimum absolute atomic E-state index is 0.0447. The lowest BCUT2D eigenvalue weighted by Crippen LogP contribution is -2.64. The molecule has 0 saturated carbocycles. The molecule has 0 saturated heterocycles. The molecule has 0 aliphatic carbocycles. The molecule has 0 amide bonds. The van der Waals surface area contributed by atoms with Crippen molar-refractivity contribution in [2.45, 2.75) is 46.3 Å². The molecule has 0 fully saturated rings. The Morgan fingerprint density at radius 3 is 2.03 bits per heavy atom. The van der Waals surface area contributed by atoms with Crippen LogP contribution in [0.25, 0.3) is 0 Å². The third-order valence-electron chi connectivity index (χ3n) is 4.69. The minimum atomic E-state index is -2.88.